The quantitative estimate of drug-likeness (QED) is 0.499. The lowest BCUT2D eigenvalue weighted by molar-refractivity contribution is -0.0309. The van der Waals surface area contributed by atoms with Crippen LogP contribution in [0.5, 0.6) is 0 Å². The van der Waals surface area contributed by atoms with Crippen molar-refractivity contribution in [2.75, 3.05) is 6.61 Å². The lowest BCUT2D eigenvalue weighted by Crippen LogP contribution is -2.19. The molecule has 0 bridgehead atoms. The van der Waals surface area contributed by atoms with Gasteiger partial charge in [-0.3, -0.25) is 4.57 Å². The third-order valence-corrected chi connectivity index (χ3v) is 5.24. The van der Waals surface area contributed by atoms with Crippen molar-refractivity contribution in [3.05, 3.63) is 66.5 Å². The largest absolute Gasteiger partial charge is 0.358 e. The van der Waals surface area contributed by atoms with Crippen molar-refractivity contribution in [3.8, 4) is 22.6 Å². The zero-order chi connectivity index (χ0) is 18.9. The maximum absolute atomic E-state index is 6.06. The highest BCUT2D eigenvalue weighted by Gasteiger charge is 2.24. The Kier molecular flexibility index (Phi) is 4.37. The van der Waals surface area contributed by atoms with Gasteiger partial charge >= 0.3 is 0 Å². The number of hydrogen-bond acceptors (Lipinski definition) is 4. The summed E-state index contributed by atoms with van der Waals surface area (Å²) in [7, 11) is 0. The molecule has 0 radical (unpaired) electrons. The van der Waals surface area contributed by atoms with Crippen molar-refractivity contribution in [2.45, 2.75) is 32.4 Å². The minimum Gasteiger partial charge on any atom is -0.358 e. The molecule has 28 heavy (non-hydrogen) atoms. The first-order valence-corrected chi connectivity index (χ1v) is 9.80. The van der Waals surface area contributed by atoms with E-state index >= 15 is 0 Å². The summed E-state index contributed by atoms with van der Waals surface area (Å²) in [5, 5.41) is 0. The number of aromatic nitrogens is 4. The summed E-state index contributed by atoms with van der Waals surface area (Å²) in [6.07, 6.45) is 3.24. The molecule has 1 fully saturated rings. The molecule has 0 N–H and O–H groups in total. The van der Waals surface area contributed by atoms with E-state index in [4.69, 9.17) is 19.7 Å². The molecule has 140 valence electrons. The van der Waals surface area contributed by atoms with E-state index in [1.165, 1.54) is 0 Å². The Morgan fingerprint density at radius 1 is 0.857 bits per heavy atom. The molecule has 2 aromatic carbocycles. The van der Waals surface area contributed by atoms with Gasteiger partial charge in [-0.25, -0.2) is 15.0 Å². The van der Waals surface area contributed by atoms with Gasteiger partial charge in [-0.1, -0.05) is 60.7 Å². The molecule has 3 heterocycles. The number of ether oxygens (including phenoxy) is 1. The Hall–Kier alpha value is -3.05. The lowest BCUT2D eigenvalue weighted by Gasteiger charge is -2.25. The summed E-state index contributed by atoms with van der Waals surface area (Å²) in [6.45, 7) is 2.81. The van der Waals surface area contributed by atoms with Crippen LogP contribution in [0, 0.1) is 6.92 Å². The molecule has 1 aliphatic rings. The van der Waals surface area contributed by atoms with Crippen molar-refractivity contribution in [1.29, 1.82) is 0 Å². The van der Waals surface area contributed by atoms with E-state index in [1.54, 1.807) is 0 Å². The predicted octanol–water partition coefficient (Wildman–Crippen LogP) is 5.17. The highest BCUT2D eigenvalue weighted by molar-refractivity contribution is 5.89. The number of benzene rings is 2. The molecular weight excluding hydrogens is 348 g/mol. The summed E-state index contributed by atoms with van der Waals surface area (Å²) in [5.74, 6) is 1.63. The third-order valence-electron chi connectivity index (χ3n) is 5.24. The molecule has 1 aliphatic heterocycles. The predicted molar refractivity (Wildman–Crippen MR) is 110 cm³/mol. The van der Waals surface area contributed by atoms with Crippen LogP contribution in [-0.4, -0.2) is 26.1 Å². The van der Waals surface area contributed by atoms with Crippen LogP contribution in [0.4, 0.5) is 0 Å². The van der Waals surface area contributed by atoms with Crippen LogP contribution < -0.4 is 0 Å². The van der Waals surface area contributed by atoms with Gasteiger partial charge in [0.25, 0.3) is 0 Å². The minimum atomic E-state index is -0.0131. The molecule has 4 aromatic rings. The van der Waals surface area contributed by atoms with Crippen LogP contribution in [0.2, 0.25) is 0 Å². The molecule has 1 unspecified atom stereocenters. The van der Waals surface area contributed by atoms with Crippen molar-refractivity contribution < 1.29 is 4.74 Å². The molecule has 5 heteroatoms. The van der Waals surface area contributed by atoms with Gasteiger partial charge in [0, 0.05) is 17.7 Å². The van der Waals surface area contributed by atoms with E-state index in [1.807, 2.05) is 55.5 Å². The van der Waals surface area contributed by atoms with Crippen molar-refractivity contribution >= 4 is 11.2 Å². The van der Waals surface area contributed by atoms with Crippen LogP contribution in [0.3, 0.4) is 0 Å². The van der Waals surface area contributed by atoms with Gasteiger partial charge in [0.15, 0.2) is 11.5 Å². The molecule has 0 spiro atoms. The van der Waals surface area contributed by atoms with Gasteiger partial charge in [0.2, 0.25) is 0 Å². The zero-order valence-electron chi connectivity index (χ0n) is 15.9. The molecule has 5 rings (SSSR count). The highest BCUT2D eigenvalue weighted by atomic mass is 16.5. The molecular formula is C23H22N4O. The molecule has 0 amide bonds. The number of nitrogens with zero attached hydrogens (tertiary/aromatic N) is 4. The van der Waals surface area contributed by atoms with E-state index in [-0.39, 0.29) is 6.23 Å². The van der Waals surface area contributed by atoms with Crippen LogP contribution >= 0.6 is 0 Å². The highest BCUT2D eigenvalue weighted by Crippen LogP contribution is 2.33. The Bertz CT molecular complexity index is 1100. The monoisotopic (exact) mass is 370 g/mol. The van der Waals surface area contributed by atoms with E-state index in [9.17, 15) is 0 Å². The van der Waals surface area contributed by atoms with E-state index in [0.717, 1.165) is 59.7 Å². The Balaban J connectivity index is 1.78. The fourth-order valence-corrected chi connectivity index (χ4v) is 3.87. The SMILES string of the molecule is Cc1nc2c(-c3ccccc3)nc(-c3ccccc3)nc2n1C1CCCCO1. The maximum atomic E-state index is 6.06. The van der Waals surface area contributed by atoms with Gasteiger partial charge in [-0.15, -0.1) is 0 Å². The Morgan fingerprint density at radius 2 is 1.57 bits per heavy atom. The van der Waals surface area contributed by atoms with Crippen LogP contribution in [-0.2, 0) is 4.74 Å². The first-order valence-electron chi connectivity index (χ1n) is 9.80. The second-order valence-electron chi connectivity index (χ2n) is 7.15. The molecule has 0 saturated carbocycles. The van der Waals surface area contributed by atoms with Gasteiger partial charge in [0.1, 0.15) is 23.3 Å². The number of hydrogen-bond donors (Lipinski definition) is 0. The summed E-state index contributed by atoms with van der Waals surface area (Å²) in [5.41, 5.74) is 4.58. The fourth-order valence-electron chi connectivity index (χ4n) is 3.87. The summed E-state index contributed by atoms with van der Waals surface area (Å²) >= 11 is 0. The van der Waals surface area contributed by atoms with Crippen molar-refractivity contribution in [1.82, 2.24) is 19.5 Å². The topological polar surface area (TPSA) is 52.8 Å². The minimum absolute atomic E-state index is 0.0131. The van der Waals surface area contributed by atoms with Crippen LogP contribution in [0.15, 0.2) is 60.7 Å². The summed E-state index contributed by atoms with van der Waals surface area (Å²) in [4.78, 5) is 14.7. The number of fused-ring (bicyclic) bond motifs is 1. The van der Waals surface area contributed by atoms with Gasteiger partial charge in [-0.05, 0) is 26.2 Å². The average Bonchev–Trinajstić information content (AvgIpc) is 3.10. The second kappa shape index (κ2) is 7.17. The number of imidazole rings is 1. The number of aryl methyl sites for hydroxylation is 1. The van der Waals surface area contributed by atoms with Crippen LogP contribution in [0.1, 0.15) is 31.3 Å². The van der Waals surface area contributed by atoms with E-state index < -0.39 is 0 Å². The second-order valence-corrected chi connectivity index (χ2v) is 7.15. The van der Waals surface area contributed by atoms with Crippen molar-refractivity contribution in [3.63, 3.8) is 0 Å². The van der Waals surface area contributed by atoms with Crippen LogP contribution in [0.25, 0.3) is 33.8 Å². The first-order chi connectivity index (χ1) is 13.8. The standard InChI is InChI=1S/C23H22N4O/c1-16-24-21-20(17-10-4-2-5-11-17)25-22(18-12-6-3-7-13-18)26-23(21)27(16)19-14-8-9-15-28-19/h2-7,10-13,19H,8-9,14-15H2,1H3. The lowest BCUT2D eigenvalue weighted by atomic mass is 10.1. The van der Waals surface area contributed by atoms with Gasteiger partial charge < -0.3 is 4.74 Å². The summed E-state index contributed by atoms with van der Waals surface area (Å²) in [6, 6.07) is 20.3. The Morgan fingerprint density at radius 3 is 2.25 bits per heavy atom. The van der Waals surface area contributed by atoms with Crippen molar-refractivity contribution in [2.24, 2.45) is 0 Å². The smallest absolute Gasteiger partial charge is 0.166 e. The number of rotatable bonds is 3. The molecule has 1 saturated heterocycles. The zero-order valence-corrected chi connectivity index (χ0v) is 15.9. The Labute approximate surface area is 164 Å². The normalized spacial score (nSPS) is 17.1. The van der Waals surface area contributed by atoms with Gasteiger partial charge in [-0.2, -0.15) is 0 Å². The summed E-state index contributed by atoms with van der Waals surface area (Å²) < 4.78 is 8.21. The first kappa shape index (κ1) is 17.1. The third kappa shape index (κ3) is 2.98. The molecule has 5 nitrogen and oxygen atoms in total. The maximum Gasteiger partial charge on any atom is 0.166 e. The molecule has 2 aromatic heterocycles. The van der Waals surface area contributed by atoms with E-state index in [2.05, 4.69) is 16.7 Å². The van der Waals surface area contributed by atoms with E-state index in [0.29, 0.717) is 5.82 Å². The molecule has 1 atom stereocenters. The fraction of sp³-hybridized carbons (Fsp3) is 0.261. The average molecular weight is 370 g/mol. The molecule has 0 aliphatic carbocycles. The van der Waals surface area contributed by atoms with Gasteiger partial charge in [0.05, 0.1) is 0 Å².